The number of nitrogens with one attached hydrogen (secondary N) is 1. The number of anilines is 1. The first-order valence-electron chi connectivity index (χ1n) is 7.72. The molecule has 1 saturated carbocycles. The standard InChI is InChI=1S/C17H26N2O2/c1-13-6-5-10-17(18,12-13)16(20)19-15-8-4-3-7-14(15)9-11-21-2/h3-4,7-8,13H,5-6,9-12,18H2,1-2H3,(H,19,20). The molecule has 0 saturated heterocycles. The van der Waals surface area contributed by atoms with Crippen LogP contribution in [-0.4, -0.2) is 25.2 Å². The van der Waals surface area contributed by atoms with Crippen LogP contribution in [0.15, 0.2) is 24.3 Å². The van der Waals surface area contributed by atoms with Crippen molar-refractivity contribution in [3.05, 3.63) is 29.8 Å². The summed E-state index contributed by atoms with van der Waals surface area (Å²) < 4.78 is 5.12. The van der Waals surface area contributed by atoms with Crippen molar-refractivity contribution in [3.8, 4) is 0 Å². The SMILES string of the molecule is COCCc1ccccc1NC(=O)C1(N)CCCC(C)C1. The van der Waals surface area contributed by atoms with Crippen LogP contribution in [0.25, 0.3) is 0 Å². The van der Waals surface area contributed by atoms with Crippen molar-refractivity contribution in [2.75, 3.05) is 19.0 Å². The Kier molecular flexibility index (Phi) is 5.37. The zero-order valence-electron chi connectivity index (χ0n) is 13.0. The van der Waals surface area contributed by atoms with Crippen molar-refractivity contribution < 1.29 is 9.53 Å². The minimum Gasteiger partial charge on any atom is -0.384 e. The highest BCUT2D eigenvalue weighted by atomic mass is 16.5. The molecule has 4 nitrogen and oxygen atoms in total. The molecule has 0 heterocycles. The molecule has 21 heavy (non-hydrogen) atoms. The first-order valence-corrected chi connectivity index (χ1v) is 7.72. The summed E-state index contributed by atoms with van der Waals surface area (Å²) >= 11 is 0. The molecule has 1 aromatic carbocycles. The Morgan fingerprint density at radius 2 is 2.24 bits per heavy atom. The molecule has 116 valence electrons. The lowest BCUT2D eigenvalue weighted by Crippen LogP contribution is -2.53. The van der Waals surface area contributed by atoms with E-state index in [1.807, 2.05) is 24.3 Å². The quantitative estimate of drug-likeness (QED) is 0.876. The molecule has 3 N–H and O–H groups in total. The summed E-state index contributed by atoms with van der Waals surface area (Å²) in [5, 5.41) is 3.03. The minimum absolute atomic E-state index is 0.0566. The van der Waals surface area contributed by atoms with Gasteiger partial charge in [0.2, 0.25) is 5.91 Å². The van der Waals surface area contributed by atoms with Crippen LogP contribution >= 0.6 is 0 Å². The van der Waals surface area contributed by atoms with Crippen molar-refractivity contribution in [1.29, 1.82) is 0 Å². The maximum atomic E-state index is 12.6. The molecule has 0 aromatic heterocycles. The molecular weight excluding hydrogens is 264 g/mol. The molecule has 0 aliphatic heterocycles. The lowest BCUT2D eigenvalue weighted by atomic mass is 9.76. The maximum Gasteiger partial charge on any atom is 0.244 e. The summed E-state index contributed by atoms with van der Waals surface area (Å²) in [6, 6.07) is 7.85. The van der Waals surface area contributed by atoms with Crippen LogP contribution in [0.4, 0.5) is 5.69 Å². The number of rotatable bonds is 5. The molecule has 1 fully saturated rings. The Morgan fingerprint density at radius 3 is 2.95 bits per heavy atom. The van der Waals surface area contributed by atoms with Gasteiger partial charge >= 0.3 is 0 Å². The molecule has 2 atom stereocenters. The van der Waals surface area contributed by atoms with E-state index in [4.69, 9.17) is 10.5 Å². The number of nitrogens with two attached hydrogens (primary N) is 1. The maximum absolute atomic E-state index is 12.6. The molecule has 0 bridgehead atoms. The number of benzene rings is 1. The van der Waals surface area contributed by atoms with Gasteiger partial charge in [0.15, 0.2) is 0 Å². The number of ether oxygens (including phenoxy) is 1. The molecule has 1 aliphatic carbocycles. The van der Waals surface area contributed by atoms with E-state index < -0.39 is 5.54 Å². The molecule has 1 amide bonds. The number of carbonyl (C=O) groups is 1. The second-order valence-electron chi connectivity index (χ2n) is 6.21. The summed E-state index contributed by atoms with van der Waals surface area (Å²) in [6.07, 6.45) is 4.50. The molecule has 0 spiro atoms. The average Bonchev–Trinajstić information content (AvgIpc) is 2.46. The molecule has 4 heteroatoms. The van der Waals surface area contributed by atoms with Gasteiger partial charge in [0.05, 0.1) is 12.1 Å². The lowest BCUT2D eigenvalue weighted by Gasteiger charge is -2.35. The number of carbonyl (C=O) groups excluding carboxylic acids is 1. The second kappa shape index (κ2) is 7.05. The van der Waals surface area contributed by atoms with Gasteiger partial charge in [-0.15, -0.1) is 0 Å². The van der Waals surface area contributed by atoms with E-state index in [9.17, 15) is 4.79 Å². The lowest BCUT2D eigenvalue weighted by molar-refractivity contribution is -0.122. The summed E-state index contributed by atoms with van der Waals surface area (Å²) in [7, 11) is 1.68. The van der Waals surface area contributed by atoms with E-state index in [0.29, 0.717) is 12.5 Å². The van der Waals surface area contributed by atoms with Crippen LogP contribution in [0.3, 0.4) is 0 Å². The third-order valence-corrected chi connectivity index (χ3v) is 4.33. The van der Waals surface area contributed by atoms with Gasteiger partial charge in [-0.3, -0.25) is 4.79 Å². The number of hydrogen-bond donors (Lipinski definition) is 2. The van der Waals surface area contributed by atoms with Crippen LogP contribution in [0, 0.1) is 5.92 Å². The molecule has 1 aliphatic rings. The van der Waals surface area contributed by atoms with Crippen LogP contribution in [0.1, 0.15) is 38.2 Å². The zero-order chi connectivity index (χ0) is 15.3. The topological polar surface area (TPSA) is 64.3 Å². The molecular formula is C17H26N2O2. The number of hydrogen-bond acceptors (Lipinski definition) is 3. The molecule has 1 aromatic rings. The second-order valence-corrected chi connectivity index (χ2v) is 6.21. The highest BCUT2D eigenvalue weighted by Crippen LogP contribution is 2.31. The zero-order valence-corrected chi connectivity index (χ0v) is 13.0. The van der Waals surface area contributed by atoms with E-state index in [0.717, 1.165) is 43.4 Å². The first-order chi connectivity index (χ1) is 10.0. The minimum atomic E-state index is -0.730. The fourth-order valence-corrected chi connectivity index (χ4v) is 3.12. The van der Waals surface area contributed by atoms with Crippen molar-refractivity contribution >= 4 is 11.6 Å². The number of methoxy groups -OCH3 is 1. The van der Waals surface area contributed by atoms with E-state index >= 15 is 0 Å². The summed E-state index contributed by atoms with van der Waals surface area (Å²) in [6.45, 7) is 2.80. The van der Waals surface area contributed by atoms with E-state index in [1.54, 1.807) is 7.11 Å². The Hall–Kier alpha value is -1.39. The monoisotopic (exact) mass is 290 g/mol. The average molecular weight is 290 g/mol. The summed E-state index contributed by atoms with van der Waals surface area (Å²) in [5.41, 5.74) is 7.56. The molecule has 0 radical (unpaired) electrons. The van der Waals surface area contributed by atoms with Crippen LogP contribution < -0.4 is 11.1 Å². The smallest absolute Gasteiger partial charge is 0.244 e. The molecule has 2 rings (SSSR count). The van der Waals surface area contributed by atoms with Crippen molar-refractivity contribution in [2.45, 2.75) is 44.6 Å². The van der Waals surface area contributed by atoms with Gasteiger partial charge in [-0.2, -0.15) is 0 Å². The Morgan fingerprint density at radius 1 is 1.48 bits per heavy atom. The van der Waals surface area contributed by atoms with Gasteiger partial charge in [-0.25, -0.2) is 0 Å². The number of amides is 1. The fraction of sp³-hybridized carbons (Fsp3) is 0.588. The highest BCUT2D eigenvalue weighted by molar-refractivity contribution is 5.98. The van der Waals surface area contributed by atoms with Crippen molar-refractivity contribution in [1.82, 2.24) is 0 Å². The van der Waals surface area contributed by atoms with Crippen LogP contribution in [0.5, 0.6) is 0 Å². The molecule has 2 unspecified atom stereocenters. The third-order valence-electron chi connectivity index (χ3n) is 4.33. The van der Waals surface area contributed by atoms with E-state index in [2.05, 4.69) is 12.2 Å². The Labute approximate surface area is 127 Å². The van der Waals surface area contributed by atoms with Gasteiger partial charge in [0.1, 0.15) is 0 Å². The van der Waals surface area contributed by atoms with E-state index in [-0.39, 0.29) is 5.91 Å². The van der Waals surface area contributed by atoms with Gasteiger partial charge < -0.3 is 15.8 Å². The van der Waals surface area contributed by atoms with Gasteiger partial charge in [0, 0.05) is 12.8 Å². The normalized spacial score (nSPS) is 25.6. The Bertz CT molecular complexity index is 489. The largest absolute Gasteiger partial charge is 0.384 e. The highest BCUT2D eigenvalue weighted by Gasteiger charge is 2.38. The predicted octanol–water partition coefficient (Wildman–Crippen LogP) is 2.72. The van der Waals surface area contributed by atoms with Crippen LogP contribution in [0.2, 0.25) is 0 Å². The predicted molar refractivity (Wildman–Crippen MR) is 85.2 cm³/mol. The Balaban J connectivity index is 2.08. The van der Waals surface area contributed by atoms with E-state index in [1.165, 1.54) is 0 Å². The van der Waals surface area contributed by atoms with Crippen molar-refractivity contribution in [3.63, 3.8) is 0 Å². The summed E-state index contributed by atoms with van der Waals surface area (Å²) in [4.78, 5) is 12.6. The van der Waals surface area contributed by atoms with Gasteiger partial charge in [-0.05, 0) is 36.8 Å². The third kappa shape index (κ3) is 4.05. The van der Waals surface area contributed by atoms with Crippen molar-refractivity contribution in [2.24, 2.45) is 11.7 Å². The number of para-hydroxylation sites is 1. The van der Waals surface area contributed by atoms with Gasteiger partial charge in [0.25, 0.3) is 0 Å². The first kappa shape index (κ1) is 16.0. The van der Waals surface area contributed by atoms with Gasteiger partial charge in [-0.1, -0.05) is 38.0 Å². The van der Waals surface area contributed by atoms with Crippen LogP contribution in [-0.2, 0) is 16.0 Å². The fourth-order valence-electron chi connectivity index (χ4n) is 3.12. The summed E-state index contributed by atoms with van der Waals surface area (Å²) in [5.74, 6) is 0.456.